The van der Waals surface area contributed by atoms with Crippen molar-refractivity contribution in [2.75, 3.05) is 11.4 Å². The number of rotatable bonds is 3. The topological polar surface area (TPSA) is 81.6 Å². The molecule has 8 nitrogen and oxygen atoms in total. The maximum atomic E-state index is 13.0. The van der Waals surface area contributed by atoms with Gasteiger partial charge in [-0.2, -0.15) is 0 Å². The normalized spacial score (nSPS) is 13.5. The van der Waals surface area contributed by atoms with Crippen LogP contribution in [0.3, 0.4) is 0 Å². The van der Waals surface area contributed by atoms with E-state index >= 15 is 0 Å². The maximum absolute atomic E-state index is 13.0. The van der Waals surface area contributed by atoms with Gasteiger partial charge in [0.1, 0.15) is 6.54 Å². The van der Waals surface area contributed by atoms with E-state index in [0.29, 0.717) is 17.8 Å². The molecule has 8 heteroatoms. The van der Waals surface area contributed by atoms with E-state index in [1.165, 1.54) is 4.40 Å². The summed E-state index contributed by atoms with van der Waals surface area (Å²) >= 11 is 0. The van der Waals surface area contributed by atoms with Crippen LogP contribution in [0.4, 0.5) is 5.69 Å². The molecule has 0 fully saturated rings. The Morgan fingerprint density at radius 1 is 1.00 bits per heavy atom. The summed E-state index contributed by atoms with van der Waals surface area (Å²) in [5, 5.41) is 4.44. The zero-order valence-electron chi connectivity index (χ0n) is 16.8. The van der Waals surface area contributed by atoms with Crippen molar-refractivity contribution in [3.05, 3.63) is 74.8 Å². The number of para-hydroxylation sites is 3. The van der Waals surface area contributed by atoms with E-state index in [9.17, 15) is 14.4 Å². The second-order valence-electron chi connectivity index (χ2n) is 7.78. The van der Waals surface area contributed by atoms with E-state index in [4.69, 9.17) is 0 Å². The molecular weight excluding hydrogens is 382 g/mol. The molecule has 0 aliphatic carbocycles. The van der Waals surface area contributed by atoms with Crippen molar-refractivity contribution in [1.82, 2.24) is 18.7 Å². The second kappa shape index (κ2) is 6.69. The molecule has 0 atom stereocenters. The molecule has 2 aromatic heterocycles. The van der Waals surface area contributed by atoms with Gasteiger partial charge in [0.05, 0.1) is 11.0 Å². The molecule has 0 saturated heterocycles. The summed E-state index contributed by atoms with van der Waals surface area (Å²) in [6.45, 7) is 4.25. The number of aromatic nitrogens is 4. The molecule has 152 valence electrons. The molecule has 0 N–H and O–H groups in total. The maximum Gasteiger partial charge on any atom is 0.333 e. The monoisotopic (exact) mass is 403 g/mol. The fourth-order valence-electron chi connectivity index (χ4n) is 4.26. The van der Waals surface area contributed by atoms with Gasteiger partial charge in [0.15, 0.2) is 0 Å². The summed E-state index contributed by atoms with van der Waals surface area (Å²) < 4.78 is 4.24. The number of imidazole rings is 1. The Bertz CT molecular complexity index is 1430. The highest BCUT2D eigenvalue weighted by atomic mass is 16.2. The lowest BCUT2D eigenvalue weighted by atomic mass is 10.2. The summed E-state index contributed by atoms with van der Waals surface area (Å²) in [5.41, 5.74) is 1.88. The van der Waals surface area contributed by atoms with E-state index in [2.05, 4.69) is 5.10 Å². The minimum absolute atomic E-state index is 0.0129. The number of hydrogen-bond donors (Lipinski definition) is 0. The molecule has 1 amide bonds. The Morgan fingerprint density at radius 3 is 2.47 bits per heavy atom. The van der Waals surface area contributed by atoms with Gasteiger partial charge in [0.25, 0.3) is 0 Å². The Kier molecular flexibility index (Phi) is 4.09. The van der Waals surface area contributed by atoms with Gasteiger partial charge in [-0.05, 0) is 44.0 Å². The lowest BCUT2D eigenvalue weighted by molar-refractivity contribution is -0.119. The lowest BCUT2D eigenvalue weighted by Crippen LogP contribution is -2.44. The summed E-state index contributed by atoms with van der Waals surface area (Å²) in [5.74, 6) is 0.0935. The number of hydrogen-bond acceptors (Lipinski definition) is 4. The minimum atomic E-state index is -0.806. The molecule has 1 aliphatic heterocycles. The SMILES string of the molecule is CC(C)n1c2ccccc2n2c(=O)c(=O)n(CC(=O)N3CCc4ccccc43)nc12. The van der Waals surface area contributed by atoms with Crippen LogP contribution in [0.15, 0.2) is 58.1 Å². The number of benzene rings is 2. The molecule has 0 spiro atoms. The van der Waals surface area contributed by atoms with Gasteiger partial charge < -0.3 is 9.47 Å². The molecule has 2 aromatic carbocycles. The average Bonchev–Trinajstić information content (AvgIpc) is 3.30. The highest BCUT2D eigenvalue weighted by Gasteiger charge is 2.26. The lowest BCUT2D eigenvalue weighted by Gasteiger charge is -2.17. The van der Waals surface area contributed by atoms with Crippen LogP contribution in [-0.2, 0) is 17.8 Å². The van der Waals surface area contributed by atoms with E-state index in [0.717, 1.165) is 27.9 Å². The third-order valence-electron chi connectivity index (χ3n) is 5.62. The first-order chi connectivity index (χ1) is 14.5. The van der Waals surface area contributed by atoms with Crippen LogP contribution >= 0.6 is 0 Å². The van der Waals surface area contributed by atoms with E-state index in [-0.39, 0.29) is 18.5 Å². The molecule has 0 saturated carbocycles. The second-order valence-corrected chi connectivity index (χ2v) is 7.78. The molecule has 4 aromatic rings. The zero-order valence-corrected chi connectivity index (χ0v) is 16.8. The fraction of sp³-hybridized carbons (Fsp3) is 0.273. The standard InChI is InChI=1S/C22H21N5O3/c1-14(2)26-17-9-5-6-10-18(17)27-21(30)20(29)25(23-22(26)27)13-19(28)24-12-11-15-7-3-4-8-16(15)24/h3-10,14H,11-13H2,1-2H3. The van der Waals surface area contributed by atoms with Gasteiger partial charge >= 0.3 is 11.1 Å². The molecular formula is C22H21N5O3. The Hall–Kier alpha value is -3.68. The van der Waals surface area contributed by atoms with Crippen molar-refractivity contribution < 1.29 is 4.79 Å². The van der Waals surface area contributed by atoms with Crippen molar-refractivity contribution in [2.24, 2.45) is 0 Å². The summed E-state index contributed by atoms with van der Waals surface area (Å²) in [6, 6.07) is 15.1. The Balaban J connectivity index is 1.64. The van der Waals surface area contributed by atoms with Gasteiger partial charge in [-0.25, -0.2) is 9.08 Å². The first-order valence-electron chi connectivity index (χ1n) is 9.98. The van der Waals surface area contributed by atoms with Crippen LogP contribution < -0.4 is 16.0 Å². The van der Waals surface area contributed by atoms with Crippen LogP contribution in [0.2, 0.25) is 0 Å². The first-order valence-corrected chi connectivity index (χ1v) is 9.98. The average molecular weight is 403 g/mol. The Morgan fingerprint density at radius 2 is 1.70 bits per heavy atom. The first kappa shape index (κ1) is 18.4. The predicted octanol–water partition coefficient (Wildman–Crippen LogP) is 1.98. The largest absolute Gasteiger partial charge is 0.333 e. The smallest absolute Gasteiger partial charge is 0.310 e. The molecule has 30 heavy (non-hydrogen) atoms. The van der Waals surface area contributed by atoms with Crippen molar-refractivity contribution in [3.8, 4) is 0 Å². The molecule has 5 rings (SSSR count). The third kappa shape index (κ3) is 2.60. The number of fused-ring (bicyclic) bond motifs is 4. The van der Waals surface area contributed by atoms with Gasteiger partial charge in [-0.15, -0.1) is 5.10 Å². The molecule has 1 aliphatic rings. The predicted molar refractivity (Wildman–Crippen MR) is 114 cm³/mol. The van der Waals surface area contributed by atoms with Crippen molar-refractivity contribution >= 4 is 28.4 Å². The zero-order chi connectivity index (χ0) is 21.0. The molecule has 0 radical (unpaired) electrons. The van der Waals surface area contributed by atoms with E-state index in [1.807, 2.05) is 60.9 Å². The summed E-state index contributed by atoms with van der Waals surface area (Å²) in [4.78, 5) is 40.4. The van der Waals surface area contributed by atoms with Crippen molar-refractivity contribution in [1.29, 1.82) is 0 Å². The van der Waals surface area contributed by atoms with Crippen LogP contribution in [-0.4, -0.2) is 31.2 Å². The quantitative estimate of drug-likeness (QED) is 0.490. The molecule has 0 unspecified atom stereocenters. The van der Waals surface area contributed by atoms with Crippen LogP contribution in [0.25, 0.3) is 16.8 Å². The van der Waals surface area contributed by atoms with Gasteiger partial charge in [-0.3, -0.25) is 14.4 Å². The highest BCUT2D eigenvalue weighted by molar-refractivity contribution is 5.95. The third-order valence-corrected chi connectivity index (χ3v) is 5.62. The van der Waals surface area contributed by atoms with Crippen molar-refractivity contribution in [2.45, 2.75) is 32.9 Å². The van der Waals surface area contributed by atoms with Crippen LogP contribution in [0.1, 0.15) is 25.5 Å². The summed E-state index contributed by atoms with van der Waals surface area (Å²) in [6.07, 6.45) is 0.771. The number of carbonyl (C=O) groups is 1. The number of anilines is 1. The number of amides is 1. The van der Waals surface area contributed by atoms with Crippen LogP contribution in [0, 0.1) is 0 Å². The number of nitrogens with zero attached hydrogens (tertiary/aromatic N) is 5. The fourth-order valence-corrected chi connectivity index (χ4v) is 4.26. The van der Waals surface area contributed by atoms with Crippen molar-refractivity contribution in [3.63, 3.8) is 0 Å². The van der Waals surface area contributed by atoms with Gasteiger partial charge in [-0.1, -0.05) is 30.3 Å². The summed E-state index contributed by atoms with van der Waals surface area (Å²) in [7, 11) is 0. The van der Waals surface area contributed by atoms with E-state index in [1.54, 1.807) is 11.0 Å². The Labute approximate surface area is 171 Å². The van der Waals surface area contributed by atoms with Gasteiger partial charge in [0.2, 0.25) is 11.7 Å². The highest BCUT2D eigenvalue weighted by Crippen LogP contribution is 2.27. The molecule has 0 bridgehead atoms. The van der Waals surface area contributed by atoms with E-state index < -0.39 is 11.1 Å². The minimum Gasteiger partial charge on any atom is -0.310 e. The van der Waals surface area contributed by atoms with Gasteiger partial charge in [0, 0.05) is 18.3 Å². The number of carbonyl (C=O) groups excluding carboxylic acids is 1. The molecule has 3 heterocycles. The van der Waals surface area contributed by atoms with Crippen LogP contribution in [0.5, 0.6) is 0 Å².